The minimum absolute atomic E-state index is 0.0544. The van der Waals surface area contributed by atoms with Gasteiger partial charge in [-0.1, -0.05) is 61.2 Å². The number of carboxylic acid groups (broad SMARTS) is 1. The van der Waals surface area contributed by atoms with Crippen LogP contribution >= 0.6 is 0 Å². The van der Waals surface area contributed by atoms with E-state index in [-0.39, 0.29) is 32.0 Å². The lowest BCUT2D eigenvalue weighted by atomic mass is 9.98. The third-order valence-corrected chi connectivity index (χ3v) is 5.36. The van der Waals surface area contributed by atoms with E-state index < -0.39 is 24.1 Å². The average Bonchev–Trinajstić information content (AvgIpc) is 3.09. The molecule has 0 bridgehead atoms. The van der Waals surface area contributed by atoms with Crippen molar-refractivity contribution < 1.29 is 29.0 Å². The Labute approximate surface area is 180 Å². The van der Waals surface area contributed by atoms with Crippen LogP contribution in [-0.4, -0.2) is 54.3 Å². The zero-order valence-corrected chi connectivity index (χ0v) is 17.3. The van der Waals surface area contributed by atoms with E-state index >= 15 is 0 Å². The molecular formula is C24H25NO6. The number of hydrogen-bond donors (Lipinski definition) is 1. The van der Waals surface area contributed by atoms with E-state index in [1.54, 1.807) is 0 Å². The number of esters is 1. The Hall–Kier alpha value is -3.61. The molecule has 0 aliphatic heterocycles. The molecule has 0 heterocycles. The van der Waals surface area contributed by atoms with Gasteiger partial charge in [0.05, 0.1) is 0 Å². The molecule has 0 radical (unpaired) electrons. The molecule has 2 aromatic carbocycles. The van der Waals surface area contributed by atoms with E-state index in [0.29, 0.717) is 0 Å². The number of ether oxygens (including phenoxy) is 2. The zero-order chi connectivity index (χ0) is 22.4. The van der Waals surface area contributed by atoms with Crippen LogP contribution in [0.5, 0.6) is 0 Å². The summed E-state index contributed by atoms with van der Waals surface area (Å²) in [5, 5.41) is 9.50. The molecule has 0 spiro atoms. The predicted octanol–water partition coefficient (Wildman–Crippen LogP) is 3.83. The normalized spacial score (nSPS) is 12.9. The van der Waals surface area contributed by atoms with Crippen LogP contribution in [0.15, 0.2) is 61.2 Å². The highest BCUT2D eigenvalue weighted by Crippen LogP contribution is 2.44. The van der Waals surface area contributed by atoms with Crippen molar-refractivity contribution in [1.29, 1.82) is 0 Å². The molecule has 1 N–H and O–H groups in total. The van der Waals surface area contributed by atoms with Crippen LogP contribution in [0.3, 0.4) is 0 Å². The first-order valence-electron chi connectivity index (χ1n) is 10.0. The molecule has 0 saturated carbocycles. The van der Waals surface area contributed by atoms with Crippen LogP contribution in [0.2, 0.25) is 0 Å². The van der Waals surface area contributed by atoms with E-state index in [0.717, 1.165) is 27.2 Å². The van der Waals surface area contributed by atoms with Gasteiger partial charge in [0.25, 0.3) is 0 Å². The minimum atomic E-state index is -1.22. The van der Waals surface area contributed by atoms with Crippen LogP contribution < -0.4 is 0 Å². The van der Waals surface area contributed by atoms with Gasteiger partial charge in [-0.2, -0.15) is 0 Å². The number of likely N-dealkylation sites (N-methyl/N-ethyl adjacent to an activating group) is 1. The van der Waals surface area contributed by atoms with Crippen molar-refractivity contribution in [3.8, 4) is 11.1 Å². The molecule has 3 rings (SSSR count). The van der Waals surface area contributed by atoms with Crippen molar-refractivity contribution in [3.63, 3.8) is 0 Å². The van der Waals surface area contributed by atoms with Crippen LogP contribution in [0.4, 0.5) is 4.79 Å². The number of hydrogen-bond acceptors (Lipinski definition) is 5. The lowest BCUT2D eigenvalue weighted by Crippen LogP contribution is -2.43. The Morgan fingerprint density at radius 2 is 1.65 bits per heavy atom. The first-order chi connectivity index (χ1) is 14.9. The quantitative estimate of drug-likeness (QED) is 0.487. The zero-order valence-electron chi connectivity index (χ0n) is 17.3. The summed E-state index contributed by atoms with van der Waals surface area (Å²) in [5.41, 5.74) is 4.35. The topological polar surface area (TPSA) is 93.1 Å². The monoisotopic (exact) mass is 423 g/mol. The van der Waals surface area contributed by atoms with Gasteiger partial charge in [-0.15, -0.1) is 0 Å². The maximum atomic E-state index is 12.6. The number of nitrogens with zero attached hydrogens (tertiary/aromatic N) is 1. The summed E-state index contributed by atoms with van der Waals surface area (Å²) in [5.74, 6) is -1.89. The Balaban J connectivity index is 1.64. The summed E-state index contributed by atoms with van der Waals surface area (Å²) >= 11 is 0. The number of carbonyl (C=O) groups is 3. The third-order valence-electron chi connectivity index (χ3n) is 5.36. The van der Waals surface area contributed by atoms with E-state index in [4.69, 9.17) is 9.47 Å². The molecule has 0 saturated heterocycles. The number of carbonyl (C=O) groups excluding carboxylic acids is 2. The molecular weight excluding hydrogens is 398 g/mol. The van der Waals surface area contributed by atoms with Gasteiger partial charge in [-0.25, -0.2) is 9.59 Å². The summed E-state index contributed by atoms with van der Waals surface area (Å²) < 4.78 is 10.4. The predicted molar refractivity (Wildman–Crippen MR) is 115 cm³/mol. The molecule has 0 aromatic heterocycles. The van der Waals surface area contributed by atoms with Crippen molar-refractivity contribution in [2.24, 2.45) is 0 Å². The maximum absolute atomic E-state index is 12.6. The molecule has 1 aliphatic carbocycles. The fourth-order valence-electron chi connectivity index (χ4n) is 3.78. The fourth-order valence-corrected chi connectivity index (χ4v) is 3.78. The van der Waals surface area contributed by atoms with Gasteiger partial charge >= 0.3 is 18.0 Å². The summed E-state index contributed by atoms with van der Waals surface area (Å²) in [7, 11) is 1.35. The standard InChI is InChI=1S/C24H25NO6/c1-3-14-30-22(26)13-12-21(23(27)28)25(2)24(29)31-15-20-18-10-6-4-8-16(18)17-9-5-7-11-19(17)20/h3-11,20-21H,1,12-15H2,2H3,(H,27,28)/t21-/m0/s1. The highest BCUT2D eigenvalue weighted by atomic mass is 16.6. The average molecular weight is 423 g/mol. The maximum Gasteiger partial charge on any atom is 0.410 e. The number of benzene rings is 2. The number of aliphatic carboxylic acids is 1. The van der Waals surface area contributed by atoms with E-state index in [2.05, 4.69) is 6.58 Å². The fraction of sp³-hybridized carbons (Fsp3) is 0.292. The second-order valence-corrected chi connectivity index (χ2v) is 7.28. The summed E-state index contributed by atoms with van der Waals surface area (Å²) in [6.07, 6.45) is 0.460. The van der Waals surface area contributed by atoms with Crippen molar-refractivity contribution in [2.75, 3.05) is 20.3 Å². The number of fused-ring (bicyclic) bond motifs is 3. The summed E-state index contributed by atoms with van der Waals surface area (Å²) in [4.78, 5) is 36.9. The van der Waals surface area contributed by atoms with Crippen molar-refractivity contribution in [3.05, 3.63) is 72.3 Å². The second-order valence-electron chi connectivity index (χ2n) is 7.28. The molecule has 2 aromatic rings. The van der Waals surface area contributed by atoms with Gasteiger partial charge in [0.1, 0.15) is 19.3 Å². The van der Waals surface area contributed by atoms with Crippen LogP contribution in [-0.2, 0) is 19.1 Å². The molecule has 1 amide bonds. The summed E-state index contributed by atoms with van der Waals surface area (Å²) in [6.45, 7) is 3.59. The van der Waals surface area contributed by atoms with Gasteiger partial charge < -0.3 is 14.6 Å². The number of rotatable bonds is 9. The lowest BCUT2D eigenvalue weighted by Gasteiger charge is -2.25. The second kappa shape index (κ2) is 9.93. The number of amides is 1. The minimum Gasteiger partial charge on any atom is -0.480 e. The molecule has 1 aliphatic rings. The van der Waals surface area contributed by atoms with E-state index in [1.165, 1.54) is 13.1 Å². The SMILES string of the molecule is C=CCOC(=O)CC[C@@H](C(=O)O)N(C)C(=O)OCC1c2ccccc2-c2ccccc21. The first-order valence-corrected chi connectivity index (χ1v) is 10.0. The molecule has 7 heteroatoms. The highest BCUT2D eigenvalue weighted by Gasteiger charge is 2.32. The molecule has 31 heavy (non-hydrogen) atoms. The van der Waals surface area contributed by atoms with Crippen LogP contribution in [0.1, 0.15) is 29.9 Å². The van der Waals surface area contributed by atoms with Crippen molar-refractivity contribution in [1.82, 2.24) is 4.90 Å². The molecule has 162 valence electrons. The van der Waals surface area contributed by atoms with E-state index in [9.17, 15) is 19.5 Å². The van der Waals surface area contributed by atoms with Gasteiger partial charge in [0.15, 0.2) is 0 Å². The van der Waals surface area contributed by atoms with Crippen molar-refractivity contribution >= 4 is 18.0 Å². The van der Waals surface area contributed by atoms with Gasteiger partial charge in [0.2, 0.25) is 0 Å². The Morgan fingerprint density at radius 1 is 1.06 bits per heavy atom. The van der Waals surface area contributed by atoms with Crippen LogP contribution in [0.25, 0.3) is 11.1 Å². The third kappa shape index (κ3) is 4.94. The van der Waals surface area contributed by atoms with Gasteiger partial charge in [0, 0.05) is 19.4 Å². The highest BCUT2D eigenvalue weighted by molar-refractivity contribution is 5.81. The van der Waals surface area contributed by atoms with Crippen molar-refractivity contribution in [2.45, 2.75) is 24.8 Å². The van der Waals surface area contributed by atoms with E-state index in [1.807, 2.05) is 48.5 Å². The molecule has 0 fully saturated rings. The van der Waals surface area contributed by atoms with Gasteiger partial charge in [-0.3, -0.25) is 9.69 Å². The number of carboxylic acids is 1. The molecule has 7 nitrogen and oxygen atoms in total. The molecule has 1 atom stereocenters. The first kappa shape index (κ1) is 22.1. The summed E-state index contributed by atoms with van der Waals surface area (Å²) in [6, 6.07) is 14.7. The van der Waals surface area contributed by atoms with Gasteiger partial charge in [-0.05, 0) is 28.7 Å². The Kier molecular flexibility index (Phi) is 7.07. The Bertz CT molecular complexity index is 940. The lowest BCUT2D eigenvalue weighted by molar-refractivity contribution is -0.145. The molecule has 0 unspecified atom stereocenters. The largest absolute Gasteiger partial charge is 0.480 e. The smallest absolute Gasteiger partial charge is 0.410 e. The Morgan fingerprint density at radius 3 is 2.19 bits per heavy atom. The van der Waals surface area contributed by atoms with Crippen LogP contribution in [0, 0.1) is 0 Å².